The van der Waals surface area contributed by atoms with Crippen molar-refractivity contribution in [1.29, 1.82) is 0 Å². The lowest BCUT2D eigenvalue weighted by molar-refractivity contribution is 0.0697. The molecule has 3 N–H and O–H groups in total. The minimum absolute atomic E-state index is 0.190. The fourth-order valence-electron chi connectivity index (χ4n) is 1.74. The van der Waals surface area contributed by atoms with Gasteiger partial charge in [-0.25, -0.2) is 9.78 Å². The second kappa shape index (κ2) is 5.32. The summed E-state index contributed by atoms with van der Waals surface area (Å²) >= 11 is 1.43. The van der Waals surface area contributed by atoms with E-state index >= 15 is 0 Å². The average molecular weight is 274 g/mol. The van der Waals surface area contributed by atoms with Crippen molar-refractivity contribution in [1.82, 2.24) is 4.98 Å². The van der Waals surface area contributed by atoms with Gasteiger partial charge in [-0.3, -0.25) is 0 Å². The van der Waals surface area contributed by atoms with E-state index in [-0.39, 0.29) is 5.56 Å². The summed E-state index contributed by atoms with van der Waals surface area (Å²) in [6.45, 7) is 3.95. The lowest BCUT2D eigenvalue weighted by Crippen LogP contribution is -1.98. The number of benzene rings is 1. The summed E-state index contributed by atoms with van der Waals surface area (Å²) in [6, 6.07) is 8.70. The van der Waals surface area contributed by atoms with Crippen LogP contribution in [0.2, 0.25) is 0 Å². The number of carboxylic acid groups (broad SMARTS) is 1. The third kappa shape index (κ3) is 3.26. The normalized spacial score (nSPS) is 10.4. The molecule has 98 valence electrons. The molecular weight excluding hydrogens is 260 g/mol. The van der Waals surface area contributed by atoms with Crippen LogP contribution < -0.4 is 5.73 Å². The molecule has 5 heteroatoms. The Balaban J connectivity index is 2.30. The predicted octanol–water partition coefficient (Wildman–Crippen LogP) is 3.13. The molecule has 0 saturated heterocycles. The maximum atomic E-state index is 10.8. The molecule has 19 heavy (non-hydrogen) atoms. The van der Waals surface area contributed by atoms with E-state index in [4.69, 9.17) is 10.8 Å². The number of nitrogens with two attached hydrogens (primary N) is 1. The molecule has 0 amide bonds. The van der Waals surface area contributed by atoms with Gasteiger partial charge in [0.15, 0.2) is 0 Å². The van der Waals surface area contributed by atoms with Crippen LogP contribution in [-0.2, 0) is 0 Å². The van der Waals surface area contributed by atoms with Gasteiger partial charge in [0.1, 0.15) is 5.03 Å². The molecule has 2 aromatic rings. The molecule has 1 aromatic heterocycles. The molecule has 4 nitrogen and oxygen atoms in total. The molecule has 0 bridgehead atoms. The van der Waals surface area contributed by atoms with Crippen LogP contribution in [0.25, 0.3) is 0 Å². The largest absolute Gasteiger partial charge is 0.478 e. The third-order valence-corrected chi connectivity index (χ3v) is 3.56. The van der Waals surface area contributed by atoms with Crippen molar-refractivity contribution in [3.63, 3.8) is 0 Å². The Kier molecular flexibility index (Phi) is 3.76. The van der Waals surface area contributed by atoms with E-state index in [2.05, 4.69) is 4.98 Å². The quantitative estimate of drug-likeness (QED) is 0.841. The van der Waals surface area contributed by atoms with Crippen molar-refractivity contribution < 1.29 is 9.90 Å². The van der Waals surface area contributed by atoms with Crippen LogP contribution in [0.5, 0.6) is 0 Å². The third-order valence-electron chi connectivity index (χ3n) is 2.55. The highest BCUT2D eigenvalue weighted by atomic mass is 32.2. The summed E-state index contributed by atoms with van der Waals surface area (Å²) in [5, 5.41) is 9.74. The van der Waals surface area contributed by atoms with Crippen molar-refractivity contribution in [3.05, 3.63) is 47.2 Å². The van der Waals surface area contributed by atoms with Crippen molar-refractivity contribution in [2.24, 2.45) is 0 Å². The van der Waals surface area contributed by atoms with Gasteiger partial charge in [-0.2, -0.15) is 0 Å². The number of nitrogens with zero attached hydrogens (tertiary/aromatic N) is 1. The van der Waals surface area contributed by atoms with E-state index in [0.717, 1.165) is 21.2 Å². The summed E-state index contributed by atoms with van der Waals surface area (Å²) in [7, 11) is 0. The smallest absolute Gasteiger partial charge is 0.335 e. The van der Waals surface area contributed by atoms with Crippen LogP contribution in [0, 0.1) is 13.8 Å². The summed E-state index contributed by atoms with van der Waals surface area (Å²) < 4.78 is 0. The van der Waals surface area contributed by atoms with E-state index in [1.54, 1.807) is 12.1 Å². The number of aryl methyl sites for hydroxylation is 2. The van der Waals surface area contributed by atoms with Gasteiger partial charge in [0.2, 0.25) is 0 Å². The Hall–Kier alpha value is -2.01. The van der Waals surface area contributed by atoms with Gasteiger partial charge in [-0.1, -0.05) is 11.8 Å². The van der Waals surface area contributed by atoms with Crippen LogP contribution in [0.3, 0.4) is 0 Å². The predicted molar refractivity (Wildman–Crippen MR) is 75.6 cm³/mol. The number of nitrogen functional groups attached to an aromatic ring is 1. The second-order valence-corrected chi connectivity index (χ2v) is 5.35. The number of aromatic nitrogens is 1. The Morgan fingerprint density at radius 2 is 2.00 bits per heavy atom. The van der Waals surface area contributed by atoms with Gasteiger partial charge in [0, 0.05) is 16.3 Å². The number of pyridine rings is 1. The molecule has 0 atom stereocenters. The minimum atomic E-state index is -0.979. The molecule has 0 saturated carbocycles. The maximum Gasteiger partial charge on any atom is 0.335 e. The first-order chi connectivity index (χ1) is 8.95. The molecule has 0 aliphatic carbocycles. The number of hydrogen-bond donors (Lipinski definition) is 2. The Labute approximate surface area is 115 Å². The molecule has 0 radical (unpaired) electrons. The van der Waals surface area contributed by atoms with Crippen LogP contribution in [-0.4, -0.2) is 16.1 Å². The summed E-state index contributed by atoms with van der Waals surface area (Å²) in [5.74, 6) is -0.979. The number of aromatic carboxylic acids is 1. The topological polar surface area (TPSA) is 76.2 Å². The molecule has 1 heterocycles. The monoisotopic (exact) mass is 274 g/mol. The first kappa shape index (κ1) is 13.4. The zero-order valence-electron chi connectivity index (χ0n) is 10.7. The SMILES string of the molecule is Cc1cc(C)nc(Sc2ccc(C(=O)O)cc2N)c1. The second-order valence-electron chi connectivity index (χ2n) is 4.28. The Morgan fingerprint density at radius 3 is 2.58 bits per heavy atom. The fraction of sp³-hybridized carbons (Fsp3) is 0.143. The zero-order valence-corrected chi connectivity index (χ0v) is 11.5. The Bertz CT molecular complexity index is 621. The molecular formula is C14H14N2O2S. The number of anilines is 1. The first-order valence-corrected chi connectivity index (χ1v) is 6.53. The molecule has 2 rings (SSSR count). The van der Waals surface area contributed by atoms with Crippen LogP contribution >= 0.6 is 11.8 Å². The van der Waals surface area contributed by atoms with Gasteiger partial charge >= 0.3 is 5.97 Å². The number of rotatable bonds is 3. The van der Waals surface area contributed by atoms with Crippen LogP contribution in [0.4, 0.5) is 5.69 Å². The van der Waals surface area contributed by atoms with Crippen LogP contribution in [0.15, 0.2) is 40.3 Å². The average Bonchev–Trinajstić information content (AvgIpc) is 2.30. The highest BCUT2D eigenvalue weighted by Gasteiger charge is 2.08. The molecule has 0 aliphatic heterocycles. The Morgan fingerprint density at radius 1 is 1.26 bits per heavy atom. The van der Waals surface area contributed by atoms with E-state index in [1.165, 1.54) is 17.8 Å². The number of carboxylic acids is 1. The molecule has 0 unspecified atom stereocenters. The fourth-order valence-corrected chi connectivity index (χ4v) is 2.72. The summed E-state index contributed by atoms with van der Waals surface area (Å²) in [6.07, 6.45) is 0. The van der Waals surface area contributed by atoms with Crippen molar-refractivity contribution >= 4 is 23.4 Å². The van der Waals surface area contributed by atoms with E-state index in [9.17, 15) is 4.79 Å². The van der Waals surface area contributed by atoms with Crippen molar-refractivity contribution in [3.8, 4) is 0 Å². The minimum Gasteiger partial charge on any atom is -0.478 e. The van der Waals surface area contributed by atoms with E-state index < -0.39 is 5.97 Å². The zero-order chi connectivity index (χ0) is 14.0. The van der Waals surface area contributed by atoms with Gasteiger partial charge in [-0.05, 0) is 49.7 Å². The molecule has 0 fully saturated rings. The van der Waals surface area contributed by atoms with E-state index in [0.29, 0.717) is 5.69 Å². The van der Waals surface area contributed by atoms with Crippen molar-refractivity contribution in [2.45, 2.75) is 23.8 Å². The molecule has 1 aromatic carbocycles. The number of hydrogen-bond acceptors (Lipinski definition) is 4. The lowest BCUT2D eigenvalue weighted by Gasteiger charge is -2.07. The van der Waals surface area contributed by atoms with Crippen LogP contribution in [0.1, 0.15) is 21.6 Å². The van der Waals surface area contributed by atoms with Crippen molar-refractivity contribution in [2.75, 3.05) is 5.73 Å². The van der Waals surface area contributed by atoms with Gasteiger partial charge < -0.3 is 10.8 Å². The summed E-state index contributed by atoms with van der Waals surface area (Å²) in [4.78, 5) is 16.1. The van der Waals surface area contributed by atoms with Gasteiger partial charge in [-0.15, -0.1) is 0 Å². The van der Waals surface area contributed by atoms with Gasteiger partial charge in [0.05, 0.1) is 5.56 Å². The highest BCUT2D eigenvalue weighted by Crippen LogP contribution is 2.32. The highest BCUT2D eigenvalue weighted by molar-refractivity contribution is 7.99. The summed E-state index contributed by atoms with van der Waals surface area (Å²) in [5.41, 5.74) is 8.59. The first-order valence-electron chi connectivity index (χ1n) is 5.71. The lowest BCUT2D eigenvalue weighted by atomic mass is 10.2. The molecule has 0 aliphatic rings. The van der Waals surface area contributed by atoms with E-state index in [1.807, 2.05) is 26.0 Å². The van der Waals surface area contributed by atoms with Gasteiger partial charge in [0.25, 0.3) is 0 Å². The standard InChI is InChI=1S/C14H14N2O2S/c1-8-5-9(2)16-13(6-8)19-12-4-3-10(14(17)18)7-11(12)15/h3-7H,15H2,1-2H3,(H,17,18). The molecule has 0 spiro atoms. The number of carbonyl (C=O) groups is 1. The maximum absolute atomic E-state index is 10.8.